The minimum Gasteiger partial charge on any atom is -0.406 e. The van der Waals surface area contributed by atoms with Crippen LogP contribution in [-0.4, -0.2) is 29.7 Å². The van der Waals surface area contributed by atoms with Crippen LogP contribution in [0.4, 0.5) is 13.2 Å². The van der Waals surface area contributed by atoms with Crippen LogP contribution in [0.15, 0.2) is 48.9 Å². The Morgan fingerprint density at radius 2 is 1.85 bits per heavy atom. The molecule has 0 spiro atoms. The fraction of sp³-hybridized carbons (Fsp3) is 0.125. The molecular formula is C16H11ClF3N3O3S. The lowest BCUT2D eigenvalue weighted by Crippen LogP contribution is -2.16. The van der Waals surface area contributed by atoms with Gasteiger partial charge in [-0.3, -0.25) is 4.57 Å². The number of alkyl halides is 3. The minimum atomic E-state index is -4.77. The SMILES string of the molecule is O=S(O)Cc1ccc(-n2cnc(Cl)c2-c2ccc(OC(F)(F)F)cc2)nc1. The van der Waals surface area contributed by atoms with Crippen molar-refractivity contribution in [3.05, 3.63) is 59.6 Å². The van der Waals surface area contributed by atoms with Crippen molar-refractivity contribution in [2.24, 2.45) is 0 Å². The van der Waals surface area contributed by atoms with Gasteiger partial charge >= 0.3 is 6.36 Å². The number of nitrogens with zero attached hydrogens (tertiary/aromatic N) is 3. The van der Waals surface area contributed by atoms with Gasteiger partial charge in [-0.15, -0.1) is 13.2 Å². The van der Waals surface area contributed by atoms with E-state index in [2.05, 4.69) is 14.7 Å². The zero-order valence-corrected chi connectivity index (χ0v) is 14.9. The smallest absolute Gasteiger partial charge is 0.406 e. The van der Waals surface area contributed by atoms with Crippen LogP contribution in [0.25, 0.3) is 17.1 Å². The summed E-state index contributed by atoms with van der Waals surface area (Å²) >= 11 is 4.15. The molecule has 11 heteroatoms. The van der Waals surface area contributed by atoms with E-state index < -0.39 is 17.4 Å². The third kappa shape index (κ3) is 4.85. The fourth-order valence-corrected chi connectivity index (χ4v) is 3.06. The molecule has 1 N–H and O–H groups in total. The Hall–Kier alpha value is -2.43. The summed E-state index contributed by atoms with van der Waals surface area (Å²) in [7, 11) is 0. The molecule has 2 aromatic heterocycles. The molecule has 2 heterocycles. The van der Waals surface area contributed by atoms with Crippen molar-refractivity contribution >= 4 is 22.7 Å². The van der Waals surface area contributed by atoms with Crippen molar-refractivity contribution in [3.8, 4) is 22.8 Å². The maximum absolute atomic E-state index is 12.3. The molecule has 1 unspecified atom stereocenters. The van der Waals surface area contributed by atoms with Gasteiger partial charge in [-0.2, -0.15) is 0 Å². The molecule has 3 rings (SSSR count). The number of imidazole rings is 1. The Morgan fingerprint density at radius 1 is 1.15 bits per heavy atom. The molecule has 1 aromatic carbocycles. The number of hydrogen-bond acceptors (Lipinski definition) is 4. The summed E-state index contributed by atoms with van der Waals surface area (Å²) in [6.45, 7) is 0. The van der Waals surface area contributed by atoms with E-state index in [0.29, 0.717) is 22.6 Å². The molecule has 27 heavy (non-hydrogen) atoms. The average molecular weight is 418 g/mol. The first kappa shape index (κ1) is 19.3. The second-order valence-corrected chi connectivity index (χ2v) is 6.61. The van der Waals surface area contributed by atoms with Crippen molar-refractivity contribution in [1.29, 1.82) is 0 Å². The summed E-state index contributed by atoms with van der Waals surface area (Å²) in [5.74, 6) is 0.0336. The summed E-state index contributed by atoms with van der Waals surface area (Å²) in [5, 5.41) is 0.141. The molecule has 142 valence electrons. The highest BCUT2D eigenvalue weighted by Gasteiger charge is 2.31. The average Bonchev–Trinajstić information content (AvgIpc) is 2.96. The highest BCUT2D eigenvalue weighted by Crippen LogP contribution is 2.31. The topological polar surface area (TPSA) is 77.2 Å². The maximum Gasteiger partial charge on any atom is 0.573 e. The summed E-state index contributed by atoms with van der Waals surface area (Å²) in [6.07, 6.45) is -1.91. The Kier molecular flexibility index (Phi) is 5.49. The van der Waals surface area contributed by atoms with E-state index in [4.69, 9.17) is 16.2 Å². The van der Waals surface area contributed by atoms with Crippen LogP contribution in [0, 0.1) is 0 Å². The van der Waals surface area contributed by atoms with Crippen LogP contribution in [0.1, 0.15) is 5.56 Å². The number of hydrogen-bond donors (Lipinski definition) is 1. The zero-order valence-electron chi connectivity index (χ0n) is 13.4. The molecule has 0 fully saturated rings. The van der Waals surface area contributed by atoms with E-state index in [9.17, 15) is 17.4 Å². The van der Waals surface area contributed by atoms with Gasteiger partial charge in [0.05, 0.1) is 11.4 Å². The summed E-state index contributed by atoms with van der Waals surface area (Å²) in [5.41, 5.74) is 1.51. The summed E-state index contributed by atoms with van der Waals surface area (Å²) < 4.78 is 62.0. The second-order valence-electron chi connectivity index (χ2n) is 5.32. The number of pyridine rings is 1. The van der Waals surface area contributed by atoms with E-state index in [1.54, 1.807) is 16.7 Å². The van der Waals surface area contributed by atoms with Gasteiger partial charge in [0.15, 0.2) is 16.2 Å². The summed E-state index contributed by atoms with van der Waals surface area (Å²) in [6, 6.07) is 8.43. The van der Waals surface area contributed by atoms with Gasteiger partial charge in [0.25, 0.3) is 0 Å². The highest BCUT2D eigenvalue weighted by atomic mass is 35.5. The largest absolute Gasteiger partial charge is 0.573 e. The Balaban J connectivity index is 1.92. The molecule has 0 saturated carbocycles. The van der Waals surface area contributed by atoms with Crippen LogP contribution in [0.5, 0.6) is 5.75 Å². The van der Waals surface area contributed by atoms with Crippen molar-refractivity contribution < 1.29 is 26.7 Å². The van der Waals surface area contributed by atoms with Gasteiger partial charge in [0.1, 0.15) is 17.9 Å². The highest BCUT2D eigenvalue weighted by molar-refractivity contribution is 7.78. The fourth-order valence-electron chi connectivity index (χ4n) is 2.36. The lowest BCUT2D eigenvalue weighted by atomic mass is 10.1. The van der Waals surface area contributed by atoms with Crippen LogP contribution >= 0.6 is 11.6 Å². The van der Waals surface area contributed by atoms with Crippen LogP contribution < -0.4 is 4.74 Å². The number of aromatic nitrogens is 3. The van der Waals surface area contributed by atoms with E-state index in [-0.39, 0.29) is 16.7 Å². The van der Waals surface area contributed by atoms with Gasteiger partial charge in [-0.1, -0.05) is 17.7 Å². The molecule has 0 aliphatic rings. The van der Waals surface area contributed by atoms with Crippen LogP contribution in [-0.2, 0) is 16.8 Å². The lowest BCUT2D eigenvalue weighted by molar-refractivity contribution is -0.274. The van der Waals surface area contributed by atoms with Gasteiger partial charge in [-0.25, -0.2) is 14.2 Å². The van der Waals surface area contributed by atoms with Gasteiger partial charge < -0.3 is 9.29 Å². The van der Waals surface area contributed by atoms with E-state index in [0.717, 1.165) is 0 Å². The van der Waals surface area contributed by atoms with Crippen molar-refractivity contribution in [1.82, 2.24) is 14.5 Å². The lowest BCUT2D eigenvalue weighted by Gasteiger charge is -2.11. The van der Waals surface area contributed by atoms with Gasteiger partial charge in [-0.05, 0) is 35.9 Å². The summed E-state index contributed by atoms with van der Waals surface area (Å²) in [4.78, 5) is 8.22. The van der Waals surface area contributed by atoms with E-state index in [1.165, 1.54) is 36.8 Å². The Bertz CT molecular complexity index is 960. The van der Waals surface area contributed by atoms with E-state index >= 15 is 0 Å². The number of ether oxygens (including phenoxy) is 1. The molecule has 0 amide bonds. The third-order valence-electron chi connectivity index (χ3n) is 3.43. The van der Waals surface area contributed by atoms with Crippen molar-refractivity contribution in [2.45, 2.75) is 12.1 Å². The monoisotopic (exact) mass is 417 g/mol. The van der Waals surface area contributed by atoms with Gasteiger partial charge in [0.2, 0.25) is 0 Å². The first-order valence-corrected chi connectivity index (χ1v) is 9.00. The normalized spacial score (nSPS) is 12.8. The number of benzene rings is 1. The number of rotatable bonds is 5. The molecule has 3 aromatic rings. The van der Waals surface area contributed by atoms with E-state index in [1.807, 2.05) is 0 Å². The number of halogens is 4. The molecule has 0 aliphatic carbocycles. The van der Waals surface area contributed by atoms with Crippen molar-refractivity contribution in [2.75, 3.05) is 0 Å². The first-order valence-electron chi connectivity index (χ1n) is 7.35. The van der Waals surface area contributed by atoms with Crippen LogP contribution in [0.2, 0.25) is 5.15 Å². The molecular weight excluding hydrogens is 407 g/mol. The maximum atomic E-state index is 12.3. The Labute approximate surface area is 158 Å². The Morgan fingerprint density at radius 3 is 2.41 bits per heavy atom. The molecule has 6 nitrogen and oxygen atoms in total. The molecule has 0 radical (unpaired) electrons. The quantitative estimate of drug-likeness (QED) is 0.629. The molecule has 0 bridgehead atoms. The molecule has 0 aliphatic heterocycles. The molecule has 1 atom stereocenters. The third-order valence-corrected chi connectivity index (χ3v) is 4.29. The molecule has 0 saturated heterocycles. The van der Waals surface area contributed by atoms with Gasteiger partial charge in [0, 0.05) is 11.8 Å². The van der Waals surface area contributed by atoms with Crippen LogP contribution in [0.3, 0.4) is 0 Å². The second kappa shape index (κ2) is 7.67. The van der Waals surface area contributed by atoms with Crippen molar-refractivity contribution in [3.63, 3.8) is 0 Å². The predicted octanol–water partition coefficient (Wildman–Crippen LogP) is 4.21. The standard InChI is InChI=1S/C16H11ClF3N3O3S/c17-15-14(11-2-4-12(5-3-11)26-16(18,19)20)23(9-22-15)13-6-1-10(7-21-13)8-27(24)25/h1-7,9H,8H2,(H,24,25). The minimum absolute atomic E-state index is 0.0501. The first-order chi connectivity index (χ1) is 12.7. The predicted molar refractivity (Wildman–Crippen MR) is 93.0 cm³/mol. The zero-order chi connectivity index (χ0) is 19.6.